The lowest BCUT2D eigenvalue weighted by atomic mass is 9.65. The van der Waals surface area contributed by atoms with Gasteiger partial charge < -0.3 is 30.6 Å². The van der Waals surface area contributed by atoms with Gasteiger partial charge in [0.15, 0.2) is 0 Å². The molecule has 306 valence electrons. The molecule has 0 bridgehead atoms. The topological polar surface area (TPSA) is 157 Å². The Labute approximate surface area is 353 Å². The number of ether oxygens (including phenoxy) is 1. The van der Waals surface area contributed by atoms with Crippen molar-refractivity contribution in [2.24, 2.45) is 5.92 Å². The number of hydrogen-bond acceptors (Lipinski definition) is 8. The molecule has 1 aliphatic carbocycles. The number of nitrogens with one attached hydrogen (secondary N) is 3. The molecule has 1 saturated carbocycles. The Bertz CT molecular complexity index is 2670. The Morgan fingerprint density at radius 3 is 2.23 bits per heavy atom. The number of benzene rings is 5. The first-order chi connectivity index (χ1) is 29.7. The number of amides is 2. The first kappa shape index (κ1) is 38.5. The van der Waals surface area contributed by atoms with Crippen LogP contribution in [0.1, 0.15) is 90.4 Å². The lowest BCUT2D eigenvalue weighted by molar-refractivity contribution is -0.178. The summed E-state index contributed by atoms with van der Waals surface area (Å²) >= 11 is 0. The van der Waals surface area contributed by atoms with Crippen LogP contribution in [0.2, 0.25) is 0 Å². The number of nitrogens with zero attached hydrogens (tertiary/aromatic N) is 2. The zero-order chi connectivity index (χ0) is 41.7. The van der Waals surface area contributed by atoms with Crippen LogP contribution in [0.4, 0.5) is 5.69 Å². The number of aromatic hydroxyl groups is 1. The monoisotopic (exact) mass is 811 g/mol. The summed E-state index contributed by atoms with van der Waals surface area (Å²) < 4.78 is 6.52. The molecular weight excluding hydrogens is 767 g/mol. The van der Waals surface area contributed by atoms with Gasteiger partial charge in [-0.1, -0.05) is 110 Å². The van der Waals surface area contributed by atoms with Gasteiger partial charge >= 0.3 is 5.97 Å². The van der Waals surface area contributed by atoms with Gasteiger partial charge in [0, 0.05) is 11.3 Å². The first-order valence-electron chi connectivity index (χ1n) is 21.0. The highest BCUT2D eigenvalue weighted by atomic mass is 16.6. The summed E-state index contributed by atoms with van der Waals surface area (Å²) in [7, 11) is 0. The van der Waals surface area contributed by atoms with E-state index in [-0.39, 0.29) is 12.3 Å². The Hall–Kier alpha value is -6.74. The number of H-pyrrole nitrogens is 1. The average Bonchev–Trinajstić information content (AvgIpc) is 3.88. The van der Waals surface area contributed by atoms with Gasteiger partial charge in [-0.15, -0.1) is 0 Å². The lowest BCUT2D eigenvalue weighted by Gasteiger charge is -2.46. The number of carbonyl (C=O) groups is 3. The molecule has 4 heterocycles. The zero-order valence-electron chi connectivity index (χ0n) is 33.4. The summed E-state index contributed by atoms with van der Waals surface area (Å²) in [4.78, 5) is 55.9. The van der Waals surface area contributed by atoms with Crippen molar-refractivity contribution in [2.45, 2.75) is 80.3 Å². The number of phenolic OH excluding ortho intramolecular Hbond substituents is 1. The fraction of sp³-hybridized carbons (Fsp3) is 0.280. The minimum Gasteiger partial charge on any atom is -0.508 e. The van der Waals surface area contributed by atoms with Gasteiger partial charge in [-0.3, -0.25) is 19.3 Å². The highest BCUT2D eigenvalue weighted by molar-refractivity contribution is 6.12. The van der Waals surface area contributed by atoms with Gasteiger partial charge in [0.1, 0.15) is 34.7 Å². The van der Waals surface area contributed by atoms with Crippen LogP contribution in [-0.2, 0) is 31.1 Å². The standard InChI is InChI=1S/C50H45N5O6/c56-35-22-20-34(21-23-35)45-50(36-29-31(19-24-37(36)54-48(50)59)25-28-49(60)26-11-1-2-12-27-49)41(46(57)51-30-40-52-38-17-9-10-18-39(38)53-40)43-47(58)61-44(33-15-7-4-8-16-33)42(55(43)45)32-13-5-3-6-14-32/h3-10,13-24,29,41-45,56,60H,1-2,11-12,26-27,30H2,(H,51,57)(H,52,53)(H,54,59)/t41-,42-,43-,44+,45+,50-/m1/s1. The van der Waals surface area contributed by atoms with Gasteiger partial charge in [-0.2, -0.15) is 0 Å². The SMILES string of the molecule is O=C1O[C@@H](c2ccccc2)[C@@H](c2ccccc2)N2[C@@H](c3ccc(O)cc3)[C@]3(C(=O)Nc4ccc(C#CC5(O)CCCCCC5)cc43)[C@@H](C(=O)NCc3nc4ccccc4[nH]3)[C@H]12. The number of esters is 1. The van der Waals surface area contributed by atoms with E-state index in [1.54, 1.807) is 30.3 Å². The molecule has 2 saturated heterocycles. The average molecular weight is 812 g/mol. The van der Waals surface area contributed by atoms with E-state index in [1.807, 2.05) is 102 Å². The maximum absolute atomic E-state index is 15.4. The predicted molar refractivity (Wildman–Crippen MR) is 229 cm³/mol. The third kappa shape index (κ3) is 6.63. The van der Waals surface area contributed by atoms with Crippen LogP contribution < -0.4 is 10.6 Å². The Morgan fingerprint density at radius 2 is 1.51 bits per heavy atom. The fourth-order valence-corrected chi connectivity index (χ4v) is 10.3. The number of phenols is 1. The Kier molecular flexibility index (Phi) is 9.70. The van der Waals surface area contributed by atoms with Gasteiger partial charge in [0.25, 0.3) is 0 Å². The van der Waals surface area contributed by atoms with Gasteiger partial charge in [0.05, 0.1) is 35.6 Å². The number of morpholine rings is 1. The third-order valence-electron chi connectivity index (χ3n) is 13.0. The minimum atomic E-state index is -1.73. The number of carbonyl (C=O) groups excluding carboxylic acids is 3. The highest BCUT2D eigenvalue weighted by Crippen LogP contribution is 2.64. The van der Waals surface area contributed by atoms with Crippen LogP contribution in [0, 0.1) is 17.8 Å². The second-order valence-corrected chi connectivity index (χ2v) is 16.7. The molecule has 6 atom stereocenters. The largest absolute Gasteiger partial charge is 0.508 e. The minimum absolute atomic E-state index is 0.000927. The number of hydrogen-bond donors (Lipinski definition) is 5. The third-order valence-corrected chi connectivity index (χ3v) is 13.0. The zero-order valence-corrected chi connectivity index (χ0v) is 33.4. The van der Waals surface area contributed by atoms with Crippen molar-refractivity contribution < 1.29 is 29.3 Å². The Morgan fingerprint density at radius 1 is 0.820 bits per heavy atom. The predicted octanol–water partition coefficient (Wildman–Crippen LogP) is 7.29. The van der Waals surface area contributed by atoms with Crippen LogP contribution in [0.25, 0.3) is 11.0 Å². The van der Waals surface area contributed by atoms with E-state index in [4.69, 9.17) is 4.74 Å². The van der Waals surface area contributed by atoms with E-state index in [9.17, 15) is 10.2 Å². The number of aromatic amines is 1. The molecule has 0 unspecified atom stereocenters. The van der Waals surface area contributed by atoms with Crippen LogP contribution in [-0.4, -0.2) is 54.5 Å². The molecule has 5 aromatic carbocycles. The molecule has 1 aromatic heterocycles. The number of fused-ring (bicyclic) bond motifs is 4. The van der Waals surface area contributed by atoms with E-state index < -0.39 is 58.9 Å². The summed E-state index contributed by atoms with van der Waals surface area (Å²) in [6.45, 7) is -0.000927. The van der Waals surface area contributed by atoms with Crippen molar-refractivity contribution in [2.75, 3.05) is 5.32 Å². The number of anilines is 1. The fourth-order valence-electron chi connectivity index (χ4n) is 10.3. The quantitative estimate of drug-likeness (QED) is 0.0667. The van der Waals surface area contributed by atoms with Crippen LogP contribution in [0.15, 0.2) is 127 Å². The number of aliphatic hydroxyl groups is 1. The Balaban J connectivity index is 1.19. The van der Waals surface area contributed by atoms with Crippen molar-refractivity contribution >= 4 is 34.5 Å². The molecule has 11 nitrogen and oxygen atoms in total. The molecule has 3 aliphatic heterocycles. The van der Waals surface area contributed by atoms with E-state index in [1.165, 1.54) is 0 Å². The van der Waals surface area contributed by atoms with Gasteiger partial charge in [0.2, 0.25) is 11.8 Å². The normalized spacial score (nSPS) is 25.4. The van der Waals surface area contributed by atoms with Crippen molar-refractivity contribution in [3.8, 4) is 17.6 Å². The maximum atomic E-state index is 15.4. The van der Waals surface area contributed by atoms with Crippen LogP contribution in [0.5, 0.6) is 5.75 Å². The smallest absolute Gasteiger partial charge is 0.324 e. The van der Waals surface area contributed by atoms with E-state index in [0.717, 1.165) is 47.8 Å². The summed E-state index contributed by atoms with van der Waals surface area (Å²) in [5.74, 6) is 3.99. The number of aromatic nitrogens is 2. The molecule has 3 fully saturated rings. The molecule has 10 rings (SSSR count). The van der Waals surface area contributed by atoms with E-state index in [2.05, 4.69) is 32.4 Å². The number of rotatable bonds is 6. The number of imidazole rings is 1. The lowest BCUT2D eigenvalue weighted by Crippen LogP contribution is -2.54. The van der Waals surface area contributed by atoms with E-state index in [0.29, 0.717) is 41.0 Å². The summed E-state index contributed by atoms with van der Waals surface area (Å²) in [6.07, 6.45) is 4.20. The molecule has 0 radical (unpaired) electrons. The van der Waals surface area contributed by atoms with Crippen molar-refractivity contribution in [1.29, 1.82) is 0 Å². The molecule has 4 aliphatic rings. The second kappa shape index (κ2) is 15.4. The molecule has 2 amide bonds. The van der Waals surface area contributed by atoms with Crippen molar-refractivity contribution in [3.63, 3.8) is 0 Å². The molecule has 61 heavy (non-hydrogen) atoms. The maximum Gasteiger partial charge on any atom is 0.324 e. The highest BCUT2D eigenvalue weighted by Gasteiger charge is 2.74. The molecule has 5 N–H and O–H groups in total. The van der Waals surface area contributed by atoms with Crippen LogP contribution in [0.3, 0.4) is 0 Å². The molecular formula is C50H45N5O6. The second-order valence-electron chi connectivity index (χ2n) is 16.7. The van der Waals surface area contributed by atoms with Crippen molar-refractivity contribution in [3.05, 3.63) is 161 Å². The van der Waals surface area contributed by atoms with Gasteiger partial charge in [-0.25, -0.2) is 4.98 Å². The van der Waals surface area contributed by atoms with Gasteiger partial charge in [-0.05, 0) is 90.4 Å². The summed E-state index contributed by atoms with van der Waals surface area (Å²) in [5, 5.41) is 28.3. The van der Waals surface area contributed by atoms with Crippen LogP contribution >= 0.6 is 0 Å². The number of para-hydroxylation sites is 2. The summed E-state index contributed by atoms with van der Waals surface area (Å²) in [5.41, 5.74) is 2.43. The first-order valence-corrected chi connectivity index (χ1v) is 21.0. The summed E-state index contributed by atoms with van der Waals surface area (Å²) in [6, 6.07) is 36.0. The van der Waals surface area contributed by atoms with E-state index >= 15 is 14.4 Å². The molecule has 1 spiro atoms. The van der Waals surface area contributed by atoms with Crippen molar-refractivity contribution in [1.82, 2.24) is 20.2 Å². The number of cyclic esters (lactones) is 1. The molecule has 11 heteroatoms. The molecule has 6 aromatic rings.